The molecule has 0 saturated heterocycles. The maximum Gasteiger partial charge on any atom is 0.123 e. The van der Waals surface area contributed by atoms with Gasteiger partial charge >= 0.3 is 0 Å². The van der Waals surface area contributed by atoms with Crippen LogP contribution in [0.4, 0.5) is 4.39 Å². The zero-order chi connectivity index (χ0) is 13.8. The van der Waals surface area contributed by atoms with Crippen LogP contribution >= 0.6 is 11.3 Å². The molecule has 1 aromatic heterocycles. The molecule has 0 bridgehead atoms. The van der Waals surface area contributed by atoms with Crippen LogP contribution in [0.1, 0.15) is 37.6 Å². The van der Waals surface area contributed by atoms with Gasteiger partial charge in [-0.05, 0) is 50.6 Å². The second-order valence-electron chi connectivity index (χ2n) is 4.71. The largest absolute Gasteiger partial charge is 0.309 e. The molecule has 19 heavy (non-hydrogen) atoms. The first-order valence-electron chi connectivity index (χ1n) is 6.57. The minimum absolute atomic E-state index is 0.198. The van der Waals surface area contributed by atoms with Gasteiger partial charge in [0.1, 0.15) is 10.8 Å². The Bertz CT molecular complexity index is 551. The lowest BCUT2D eigenvalue weighted by Gasteiger charge is -2.09. The molecule has 1 atom stereocenters. The Morgan fingerprint density at radius 3 is 2.89 bits per heavy atom. The maximum absolute atomic E-state index is 13.1. The Labute approximate surface area is 117 Å². The molecular formula is C15H19FN2S. The van der Waals surface area contributed by atoms with Crippen LogP contribution in [0, 0.1) is 12.7 Å². The smallest absolute Gasteiger partial charge is 0.123 e. The standard InChI is InChI=1S/C15H19FN2S/c1-4-7-17-11(3)14-9-19-15(18-14)13-6-5-12(16)8-10(13)2/h5-6,8-9,11,17H,4,7H2,1-3H3. The highest BCUT2D eigenvalue weighted by molar-refractivity contribution is 7.13. The zero-order valence-corrected chi connectivity index (χ0v) is 12.4. The number of nitrogens with zero attached hydrogens (tertiary/aromatic N) is 1. The molecule has 1 N–H and O–H groups in total. The molecule has 0 aliphatic heterocycles. The Morgan fingerprint density at radius 2 is 2.21 bits per heavy atom. The summed E-state index contributed by atoms with van der Waals surface area (Å²) in [5, 5.41) is 6.45. The van der Waals surface area contributed by atoms with Gasteiger partial charge in [0.25, 0.3) is 0 Å². The van der Waals surface area contributed by atoms with Gasteiger partial charge in [-0.1, -0.05) is 6.92 Å². The van der Waals surface area contributed by atoms with Crippen molar-refractivity contribution in [2.24, 2.45) is 0 Å². The van der Waals surface area contributed by atoms with Gasteiger partial charge < -0.3 is 5.32 Å². The van der Waals surface area contributed by atoms with Gasteiger partial charge in [-0.3, -0.25) is 0 Å². The van der Waals surface area contributed by atoms with Gasteiger partial charge in [0.15, 0.2) is 0 Å². The minimum atomic E-state index is -0.198. The van der Waals surface area contributed by atoms with Crippen LogP contribution < -0.4 is 5.32 Å². The number of hydrogen-bond acceptors (Lipinski definition) is 3. The average Bonchev–Trinajstić information content (AvgIpc) is 2.85. The topological polar surface area (TPSA) is 24.9 Å². The third kappa shape index (κ3) is 3.39. The summed E-state index contributed by atoms with van der Waals surface area (Å²) in [6.07, 6.45) is 1.11. The third-order valence-corrected chi connectivity index (χ3v) is 3.98. The van der Waals surface area contributed by atoms with Crippen molar-refractivity contribution in [1.29, 1.82) is 0 Å². The van der Waals surface area contributed by atoms with E-state index in [1.54, 1.807) is 23.5 Å². The number of nitrogens with one attached hydrogen (secondary N) is 1. The van der Waals surface area contributed by atoms with Crippen LogP contribution in [0.2, 0.25) is 0 Å². The molecule has 0 spiro atoms. The van der Waals surface area contributed by atoms with Gasteiger partial charge in [0.05, 0.1) is 5.69 Å². The summed E-state index contributed by atoms with van der Waals surface area (Å²) < 4.78 is 13.1. The van der Waals surface area contributed by atoms with Gasteiger partial charge in [0, 0.05) is 17.0 Å². The van der Waals surface area contributed by atoms with Crippen LogP contribution in [-0.2, 0) is 0 Å². The number of aryl methyl sites for hydroxylation is 1. The van der Waals surface area contributed by atoms with Gasteiger partial charge in [0.2, 0.25) is 0 Å². The quantitative estimate of drug-likeness (QED) is 0.881. The molecule has 0 aliphatic rings. The predicted octanol–water partition coefficient (Wildman–Crippen LogP) is 4.32. The first kappa shape index (κ1) is 14.2. The van der Waals surface area contributed by atoms with E-state index in [2.05, 4.69) is 29.5 Å². The summed E-state index contributed by atoms with van der Waals surface area (Å²) in [5.74, 6) is -0.198. The van der Waals surface area contributed by atoms with Crippen LogP contribution in [-0.4, -0.2) is 11.5 Å². The monoisotopic (exact) mass is 278 g/mol. The molecule has 2 rings (SSSR count). The summed E-state index contributed by atoms with van der Waals surface area (Å²) >= 11 is 1.61. The van der Waals surface area contributed by atoms with E-state index in [4.69, 9.17) is 0 Å². The van der Waals surface area contributed by atoms with E-state index in [1.807, 2.05) is 6.92 Å². The SMILES string of the molecule is CCCNC(C)c1csc(-c2ccc(F)cc2C)n1. The zero-order valence-electron chi connectivity index (χ0n) is 11.5. The second-order valence-corrected chi connectivity index (χ2v) is 5.57. The molecule has 0 radical (unpaired) electrons. The van der Waals surface area contributed by atoms with E-state index in [1.165, 1.54) is 6.07 Å². The molecule has 0 aliphatic carbocycles. The van der Waals surface area contributed by atoms with E-state index in [9.17, 15) is 4.39 Å². The second kappa shape index (κ2) is 6.26. The predicted molar refractivity (Wildman–Crippen MR) is 79.0 cm³/mol. The number of rotatable bonds is 5. The van der Waals surface area contributed by atoms with Gasteiger partial charge in [-0.2, -0.15) is 0 Å². The maximum atomic E-state index is 13.1. The summed E-state index contributed by atoms with van der Waals surface area (Å²) in [4.78, 5) is 4.66. The fraction of sp³-hybridized carbons (Fsp3) is 0.400. The Morgan fingerprint density at radius 1 is 1.42 bits per heavy atom. The number of benzene rings is 1. The highest BCUT2D eigenvalue weighted by Gasteiger charge is 2.12. The van der Waals surface area contributed by atoms with E-state index in [0.29, 0.717) is 0 Å². The lowest BCUT2D eigenvalue weighted by Crippen LogP contribution is -2.19. The van der Waals surface area contributed by atoms with E-state index >= 15 is 0 Å². The Hall–Kier alpha value is -1.26. The average molecular weight is 278 g/mol. The fourth-order valence-electron chi connectivity index (χ4n) is 1.94. The van der Waals surface area contributed by atoms with Crippen LogP contribution in [0.15, 0.2) is 23.6 Å². The summed E-state index contributed by atoms with van der Waals surface area (Å²) in [6, 6.07) is 5.10. The number of halogens is 1. The number of aromatic nitrogens is 1. The molecule has 4 heteroatoms. The highest BCUT2D eigenvalue weighted by atomic mass is 32.1. The molecular weight excluding hydrogens is 259 g/mol. The molecule has 102 valence electrons. The fourth-order valence-corrected chi connectivity index (χ4v) is 2.94. The van der Waals surface area contributed by atoms with E-state index in [0.717, 1.165) is 34.8 Å². The molecule has 0 saturated carbocycles. The highest BCUT2D eigenvalue weighted by Crippen LogP contribution is 2.29. The summed E-state index contributed by atoms with van der Waals surface area (Å²) in [7, 11) is 0. The van der Waals surface area contributed by atoms with Crippen molar-refractivity contribution in [3.63, 3.8) is 0 Å². The van der Waals surface area contributed by atoms with Crippen molar-refractivity contribution in [3.8, 4) is 10.6 Å². The van der Waals surface area contributed by atoms with Crippen molar-refractivity contribution >= 4 is 11.3 Å². The molecule has 1 heterocycles. The van der Waals surface area contributed by atoms with Crippen molar-refractivity contribution in [3.05, 3.63) is 40.7 Å². The van der Waals surface area contributed by atoms with E-state index < -0.39 is 0 Å². The molecule has 1 unspecified atom stereocenters. The lowest BCUT2D eigenvalue weighted by molar-refractivity contribution is 0.561. The minimum Gasteiger partial charge on any atom is -0.309 e. The molecule has 2 nitrogen and oxygen atoms in total. The Kier molecular flexibility index (Phi) is 4.66. The van der Waals surface area contributed by atoms with Crippen molar-refractivity contribution in [1.82, 2.24) is 10.3 Å². The number of thiazole rings is 1. The Balaban J connectivity index is 2.20. The first-order valence-corrected chi connectivity index (χ1v) is 7.45. The lowest BCUT2D eigenvalue weighted by atomic mass is 10.1. The van der Waals surface area contributed by atoms with Gasteiger partial charge in [-0.15, -0.1) is 11.3 Å². The molecule has 2 aromatic rings. The number of hydrogen-bond donors (Lipinski definition) is 1. The first-order chi connectivity index (χ1) is 9.11. The van der Waals surface area contributed by atoms with Crippen molar-refractivity contribution in [2.75, 3.05) is 6.54 Å². The van der Waals surface area contributed by atoms with Crippen LogP contribution in [0.25, 0.3) is 10.6 Å². The van der Waals surface area contributed by atoms with Crippen molar-refractivity contribution < 1.29 is 4.39 Å². The normalized spacial score (nSPS) is 12.6. The molecule has 0 fully saturated rings. The van der Waals surface area contributed by atoms with E-state index in [-0.39, 0.29) is 11.9 Å². The summed E-state index contributed by atoms with van der Waals surface area (Å²) in [6.45, 7) is 7.17. The van der Waals surface area contributed by atoms with Crippen LogP contribution in [0.3, 0.4) is 0 Å². The molecule has 1 aromatic carbocycles. The summed E-state index contributed by atoms with van der Waals surface area (Å²) in [5.41, 5.74) is 2.99. The molecule has 0 amide bonds. The van der Waals surface area contributed by atoms with Crippen molar-refractivity contribution in [2.45, 2.75) is 33.2 Å². The van der Waals surface area contributed by atoms with Crippen LogP contribution in [0.5, 0.6) is 0 Å². The van der Waals surface area contributed by atoms with Gasteiger partial charge in [-0.25, -0.2) is 9.37 Å². The third-order valence-electron chi connectivity index (χ3n) is 3.08.